The Hall–Kier alpha value is -1.57. The Morgan fingerprint density at radius 3 is 2.43 bits per heavy atom. The molecule has 14 heavy (non-hydrogen) atoms. The SMILES string of the molecule is CC(C)/[N+]([O-])=C\C=C\c1ccccc1. The molecule has 1 rings (SSSR count). The number of hydrogen-bond donors (Lipinski definition) is 0. The van der Waals surface area contributed by atoms with Crippen molar-refractivity contribution < 1.29 is 4.74 Å². The summed E-state index contributed by atoms with van der Waals surface area (Å²) in [4.78, 5) is 0. The Morgan fingerprint density at radius 2 is 1.86 bits per heavy atom. The molecule has 2 nitrogen and oxygen atoms in total. The van der Waals surface area contributed by atoms with Crippen LogP contribution in [0.5, 0.6) is 0 Å². The van der Waals surface area contributed by atoms with Gasteiger partial charge in [0.2, 0.25) is 0 Å². The molecule has 0 saturated carbocycles. The van der Waals surface area contributed by atoms with Gasteiger partial charge in [-0.15, -0.1) is 0 Å². The normalized spacial score (nSPS) is 12.6. The van der Waals surface area contributed by atoms with Gasteiger partial charge in [-0.1, -0.05) is 30.3 Å². The summed E-state index contributed by atoms with van der Waals surface area (Å²) in [6.45, 7) is 3.72. The summed E-state index contributed by atoms with van der Waals surface area (Å²) in [5.74, 6) is 0. The van der Waals surface area contributed by atoms with Gasteiger partial charge in [-0.05, 0) is 25.5 Å². The first-order valence-electron chi connectivity index (χ1n) is 4.72. The second kappa shape index (κ2) is 5.22. The highest BCUT2D eigenvalue weighted by Crippen LogP contribution is 1.99. The van der Waals surface area contributed by atoms with Gasteiger partial charge in [-0.2, -0.15) is 0 Å². The zero-order chi connectivity index (χ0) is 10.4. The molecule has 0 spiro atoms. The van der Waals surface area contributed by atoms with Gasteiger partial charge < -0.3 is 5.21 Å². The van der Waals surface area contributed by atoms with Crippen LogP contribution in [0.2, 0.25) is 0 Å². The molecule has 0 aliphatic heterocycles. The summed E-state index contributed by atoms with van der Waals surface area (Å²) in [5, 5.41) is 11.1. The van der Waals surface area contributed by atoms with Crippen LogP contribution in [0.15, 0.2) is 36.4 Å². The van der Waals surface area contributed by atoms with E-state index in [9.17, 15) is 5.21 Å². The van der Waals surface area contributed by atoms with E-state index in [1.54, 1.807) is 6.08 Å². The van der Waals surface area contributed by atoms with E-state index < -0.39 is 0 Å². The van der Waals surface area contributed by atoms with Gasteiger partial charge in [0.15, 0.2) is 12.3 Å². The second-order valence-electron chi connectivity index (χ2n) is 3.37. The van der Waals surface area contributed by atoms with E-state index in [0.29, 0.717) is 0 Å². The Balaban J connectivity index is 2.62. The van der Waals surface area contributed by atoms with E-state index in [-0.39, 0.29) is 6.04 Å². The Bertz CT molecular complexity index is 325. The lowest BCUT2D eigenvalue weighted by atomic mass is 10.2. The van der Waals surface area contributed by atoms with Crippen LogP contribution in [-0.4, -0.2) is 17.0 Å². The molecule has 0 saturated heterocycles. The van der Waals surface area contributed by atoms with E-state index in [1.807, 2.05) is 50.3 Å². The minimum Gasteiger partial charge on any atom is -0.624 e. The fourth-order valence-electron chi connectivity index (χ4n) is 0.975. The van der Waals surface area contributed by atoms with Gasteiger partial charge in [-0.3, -0.25) is 0 Å². The van der Waals surface area contributed by atoms with Gasteiger partial charge in [0.25, 0.3) is 0 Å². The zero-order valence-electron chi connectivity index (χ0n) is 8.55. The topological polar surface area (TPSA) is 26.1 Å². The number of nitrogens with zero attached hydrogens (tertiary/aromatic N) is 1. The van der Waals surface area contributed by atoms with Crippen molar-refractivity contribution in [1.29, 1.82) is 0 Å². The average Bonchev–Trinajstić information content (AvgIpc) is 2.19. The molecule has 0 heterocycles. The molecule has 1 aromatic rings. The van der Waals surface area contributed by atoms with Crippen LogP contribution in [0.3, 0.4) is 0 Å². The number of hydrogen-bond acceptors (Lipinski definition) is 1. The van der Waals surface area contributed by atoms with Crippen LogP contribution in [-0.2, 0) is 0 Å². The van der Waals surface area contributed by atoms with Crippen molar-refractivity contribution in [3.05, 3.63) is 47.2 Å². The Labute approximate surface area is 84.8 Å². The highest BCUT2D eigenvalue weighted by molar-refractivity contribution is 5.74. The number of hydroxylamine groups is 1. The van der Waals surface area contributed by atoms with E-state index >= 15 is 0 Å². The van der Waals surface area contributed by atoms with Crippen LogP contribution < -0.4 is 0 Å². The fraction of sp³-hybridized carbons (Fsp3) is 0.250. The van der Waals surface area contributed by atoms with E-state index in [0.717, 1.165) is 10.3 Å². The summed E-state index contributed by atoms with van der Waals surface area (Å²) >= 11 is 0. The molecule has 74 valence electrons. The third kappa shape index (κ3) is 3.44. The molecule has 1 aromatic carbocycles. The lowest BCUT2D eigenvalue weighted by molar-refractivity contribution is -0.486. The maximum absolute atomic E-state index is 11.1. The van der Waals surface area contributed by atoms with Gasteiger partial charge in [0.1, 0.15) is 0 Å². The molecule has 2 heteroatoms. The summed E-state index contributed by atoms with van der Waals surface area (Å²) in [6.07, 6.45) is 5.22. The second-order valence-corrected chi connectivity index (χ2v) is 3.37. The molecule has 0 N–H and O–H groups in total. The molecule has 0 unspecified atom stereocenters. The lowest BCUT2D eigenvalue weighted by Gasteiger charge is -2.04. The summed E-state index contributed by atoms with van der Waals surface area (Å²) < 4.78 is 0.930. The maximum atomic E-state index is 11.1. The molecule has 0 aliphatic carbocycles. The summed E-state index contributed by atoms with van der Waals surface area (Å²) in [6, 6.07) is 9.89. The van der Waals surface area contributed by atoms with Crippen LogP contribution >= 0.6 is 0 Å². The number of rotatable bonds is 3. The molecule has 0 fully saturated rings. The standard InChI is InChI=1S/C12H15NO/c1-11(2)13(14)10-6-9-12-7-4-3-5-8-12/h3-11H,1-2H3/b9-6+,13-10+. The van der Waals surface area contributed by atoms with E-state index in [1.165, 1.54) is 6.21 Å². The Morgan fingerprint density at radius 1 is 1.21 bits per heavy atom. The largest absolute Gasteiger partial charge is 0.624 e. The van der Waals surface area contributed by atoms with Gasteiger partial charge >= 0.3 is 0 Å². The summed E-state index contributed by atoms with van der Waals surface area (Å²) in [5.41, 5.74) is 1.10. The van der Waals surface area contributed by atoms with Crippen molar-refractivity contribution in [2.24, 2.45) is 0 Å². The predicted octanol–water partition coefficient (Wildman–Crippen LogP) is 2.69. The molecule has 0 aliphatic rings. The first-order chi connectivity index (χ1) is 6.70. The smallest absolute Gasteiger partial charge is 0.174 e. The minimum atomic E-state index is -0.00424. The van der Waals surface area contributed by atoms with Crippen molar-refractivity contribution in [3.8, 4) is 0 Å². The van der Waals surface area contributed by atoms with Crippen molar-refractivity contribution in [1.82, 2.24) is 0 Å². The van der Waals surface area contributed by atoms with Crippen molar-refractivity contribution in [2.45, 2.75) is 19.9 Å². The van der Waals surface area contributed by atoms with Gasteiger partial charge in [-0.25, -0.2) is 4.74 Å². The molecular formula is C12H15NO. The minimum absolute atomic E-state index is 0.00424. The molecule has 0 amide bonds. The van der Waals surface area contributed by atoms with Crippen LogP contribution in [0.4, 0.5) is 0 Å². The predicted molar refractivity (Wildman–Crippen MR) is 60.3 cm³/mol. The van der Waals surface area contributed by atoms with Crippen molar-refractivity contribution in [3.63, 3.8) is 0 Å². The number of allylic oxidation sites excluding steroid dienone is 1. The average molecular weight is 189 g/mol. The third-order valence-corrected chi connectivity index (χ3v) is 1.83. The molecule has 0 bridgehead atoms. The zero-order valence-corrected chi connectivity index (χ0v) is 8.55. The number of benzene rings is 1. The lowest BCUT2D eigenvalue weighted by Crippen LogP contribution is -2.13. The first kappa shape index (κ1) is 10.5. The Kier molecular flexibility index (Phi) is 3.92. The monoisotopic (exact) mass is 189 g/mol. The highest BCUT2D eigenvalue weighted by atomic mass is 16.5. The van der Waals surface area contributed by atoms with Crippen molar-refractivity contribution >= 4 is 12.3 Å². The van der Waals surface area contributed by atoms with Crippen LogP contribution in [0.1, 0.15) is 19.4 Å². The first-order valence-corrected chi connectivity index (χ1v) is 4.72. The van der Waals surface area contributed by atoms with Crippen LogP contribution in [0.25, 0.3) is 6.08 Å². The van der Waals surface area contributed by atoms with E-state index in [4.69, 9.17) is 0 Å². The fourth-order valence-corrected chi connectivity index (χ4v) is 0.975. The van der Waals surface area contributed by atoms with Gasteiger partial charge in [0, 0.05) is 6.08 Å². The molecule has 0 aromatic heterocycles. The molecular weight excluding hydrogens is 174 g/mol. The summed E-state index contributed by atoms with van der Waals surface area (Å²) in [7, 11) is 0. The quantitative estimate of drug-likeness (QED) is 0.311. The van der Waals surface area contributed by atoms with Crippen LogP contribution in [0, 0.1) is 5.21 Å². The molecule has 0 atom stereocenters. The third-order valence-electron chi connectivity index (χ3n) is 1.83. The maximum Gasteiger partial charge on any atom is 0.174 e. The highest BCUT2D eigenvalue weighted by Gasteiger charge is 1.95. The molecule has 0 radical (unpaired) electrons. The van der Waals surface area contributed by atoms with Crippen molar-refractivity contribution in [2.75, 3.05) is 0 Å². The van der Waals surface area contributed by atoms with Gasteiger partial charge in [0.05, 0.1) is 0 Å². The van der Waals surface area contributed by atoms with E-state index in [2.05, 4.69) is 0 Å².